The third-order valence-electron chi connectivity index (χ3n) is 5.31. The Morgan fingerprint density at radius 3 is 2.54 bits per heavy atom. The summed E-state index contributed by atoms with van der Waals surface area (Å²) in [5.74, 6) is 0.957. The quantitative estimate of drug-likeness (QED) is 0.818. The minimum absolute atomic E-state index is 0.123. The van der Waals surface area contributed by atoms with Gasteiger partial charge in [0.25, 0.3) is 5.91 Å². The molecule has 1 fully saturated rings. The van der Waals surface area contributed by atoms with Crippen molar-refractivity contribution in [2.45, 2.75) is 25.4 Å². The van der Waals surface area contributed by atoms with E-state index in [1.54, 1.807) is 0 Å². The standard InChI is InChI=1S/C21H23ClN2O2/c1-23-11-8-15-2-3-16(14-20(15)23)21(25)24-12-9-19(10-13-24)26-18-6-4-17(22)5-7-18/h2-7,14,19H,8-13H2,1H3. The second-order valence-electron chi connectivity index (χ2n) is 7.08. The van der Waals surface area contributed by atoms with Crippen LogP contribution in [0.15, 0.2) is 42.5 Å². The number of halogens is 1. The van der Waals surface area contributed by atoms with Crippen molar-refractivity contribution in [3.63, 3.8) is 0 Å². The number of likely N-dealkylation sites (N-methyl/N-ethyl adjacent to an activating group) is 1. The van der Waals surface area contributed by atoms with Gasteiger partial charge in [0.1, 0.15) is 11.9 Å². The number of benzene rings is 2. The van der Waals surface area contributed by atoms with Crippen LogP contribution in [-0.2, 0) is 6.42 Å². The maximum Gasteiger partial charge on any atom is 0.253 e. The molecule has 136 valence electrons. The molecular formula is C21H23ClN2O2. The molecule has 4 nitrogen and oxygen atoms in total. The van der Waals surface area contributed by atoms with Crippen molar-refractivity contribution in [1.29, 1.82) is 0 Å². The summed E-state index contributed by atoms with van der Waals surface area (Å²) in [6.07, 6.45) is 2.90. The van der Waals surface area contributed by atoms with Crippen LogP contribution >= 0.6 is 11.6 Å². The summed E-state index contributed by atoms with van der Waals surface area (Å²) >= 11 is 5.91. The van der Waals surface area contributed by atoms with E-state index in [2.05, 4.69) is 18.0 Å². The normalized spacial score (nSPS) is 17.3. The second kappa shape index (κ2) is 7.20. The number of carbonyl (C=O) groups excluding carboxylic acids is 1. The summed E-state index contributed by atoms with van der Waals surface area (Å²) in [6.45, 7) is 2.48. The highest BCUT2D eigenvalue weighted by Gasteiger charge is 2.26. The van der Waals surface area contributed by atoms with Gasteiger partial charge in [-0.15, -0.1) is 0 Å². The fourth-order valence-electron chi connectivity index (χ4n) is 3.74. The number of likely N-dealkylation sites (tertiary alicyclic amines) is 1. The van der Waals surface area contributed by atoms with Crippen molar-refractivity contribution in [2.24, 2.45) is 0 Å². The number of ether oxygens (including phenoxy) is 1. The molecule has 2 heterocycles. The number of piperidine rings is 1. The van der Waals surface area contributed by atoms with E-state index in [4.69, 9.17) is 16.3 Å². The van der Waals surface area contributed by atoms with Gasteiger partial charge in [0, 0.05) is 55.8 Å². The highest BCUT2D eigenvalue weighted by Crippen LogP contribution is 2.29. The van der Waals surface area contributed by atoms with E-state index in [0.717, 1.165) is 50.2 Å². The van der Waals surface area contributed by atoms with Crippen LogP contribution < -0.4 is 9.64 Å². The highest BCUT2D eigenvalue weighted by atomic mass is 35.5. The van der Waals surface area contributed by atoms with Crippen molar-refractivity contribution < 1.29 is 9.53 Å². The SMILES string of the molecule is CN1CCc2ccc(C(=O)N3CCC(Oc4ccc(Cl)cc4)CC3)cc21. The molecule has 1 amide bonds. The molecule has 0 unspecified atom stereocenters. The van der Waals surface area contributed by atoms with Crippen LogP contribution in [-0.4, -0.2) is 43.6 Å². The molecular weight excluding hydrogens is 348 g/mol. The molecule has 0 aromatic heterocycles. The fraction of sp³-hybridized carbons (Fsp3) is 0.381. The monoisotopic (exact) mass is 370 g/mol. The van der Waals surface area contributed by atoms with Gasteiger partial charge in [-0.1, -0.05) is 17.7 Å². The van der Waals surface area contributed by atoms with Gasteiger partial charge in [-0.3, -0.25) is 4.79 Å². The third kappa shape index (κ3) is 3.51. The summed E-state index contributed by atoms with van der Waals surface area (Å²) in [4.78, 5) is 17.0. The molecule has 5 heteroatoms. The summed E-state index contributed by atoms with van der Waals surface area (Å²) in [7, 11) is 2.08. The van der Waals surface area contributed by atoms with E-state index in [9.17, 15) is 4.79 Å². The highest BCUT2D eigenvalue weighted by molar-refractivity contribution is 6.30. The van der Waals surface area contributed by atoms with Gasteiger partial charge in [0.15, 0.2) is 0 Å². The lowest BCUT2D eigenvalue weighted by Gasteiger charge is -2.32. The van der Waals surface area contributed by atoms with E-state index in [1.165, 1.54) is 11.3 Å². The second-order valence-corrected chi connectivity index (χ2v) is 7.51. The molecule has 2 aromatic carbocycles. The molecule has 2 aromatic rings. The van der Waals surface area contributed by atoms with Crippen molar-refractivity contribution in [1.82, 2.24) is 4.90 Å². The van der Waals surface area contributed by atoms with Gasteiger partial charge < -0.3 is 14.5 Å². The van der Waals surface area contributed by atoms with Gasteiger partial charge in [-0.2, -0.15) is 0 Å². The first kappa shape index (κ1) is 17.2. The van der Waals surface area contributed by atoms with Crippen LogP contribution in [0.4, 0.5) is 5.69 Å². The van der Waals surface area contributed by atoms with Gasteiger partial charge in [0.05, 0.1) is 0 Å². The Hall–Kier alpha value is -2.20. The smallest absolute Gasteiger partial charge is 0.253 e. The van der Waals surface area contributed by atoms with Crippen LogP contribution in [0.3, 0.4) is 0 Å². The van der Waals surface area contributed by atoms with Gasteiger partial charge >= 0.3 is 0 Å². The van der Waals surface area contributed by atoms with Gasteiger partial charge in [-0.05, 0) is 48.4 Å². The van der Waals surface area contributed by atoms with Crippen LogP contribution in [0.1, 0.15) is 28.8 Å². The molecule has 2 aliphatic rings. The Bertz CT molecular complexity index is 798. The van der Waals surface area contributed by atoms with Crippen molar-refractivity contribution in [2.75, 3.05) is 31.6 Å². The van der Waals surface area contributed by atoms with E-state index in [-0.39, 0.29) is 12.0 Å². The zero-order valence-corrected chi connectivity index (χ0v) is 15.7. The Labute approximate surface area is 159 Å². The van der Waals surface area contributed by atoms with Crippen molar-refractivity contribution in [3.05, 3.63) is 58.6 Å². The average Bonchev–Trinajstić information content (AvgIpc) is 3.04. The lowest BCUT2D eigenvalue weighted by molar-refractivity contribution is 0.0595. The van der Waals surface area contributed by atoms with Crippen LogP contribution in [0.5, 0.6) is 5.75 Å². The first-order chi connectivity index (χ1) is 12.6. The van der Waals surface area contributed by atoms with Crippen LogP contribution in [0.2, 0.25) is 5.02 Å². The van der Waals surface area contributed by atoms with E-state index in [0.29, 0.717) is 5.02 Å². The number of rotatable bonds is 3. The zero-order chi connectivity index (χ0) is 18.1. The van der Waals surface area contributed by atoms with E-state index >= 15 is 0 Å². The van der Waals surface area contributed by atoms with Crippen LogP contribution in [0, 0.1) is 0 Å². The fourth-order valence-corrected chi connectivity index (χ4v) is 3.86. The van der Waals surface area contributed by atoms with Crippen molar-refractivity contribution in [3.8, 4) is 5.75 Å². The Kier molecular flexibility index (Phi) is 4.77. The van der Waals surface area contributed by atoms with E-state index in [1.807, 2.05) is 41.3 Å². The number of fused-ring (bicyclic) bond motifs is 1. The maximum absolute atomic E-state index is 12.9. The zero-order valence-electron chi connectivity index (χ0n) is 15.0. The molecule has 0 radical (unpaired) electrons. The minimum Gasteiger partial charge on any atom is -0.490 e. The Morgan fingerprint density at radius 2 is 1.81 bits per heavy atom. The molecule has 1 saturated heterocycles. The third-order valence-corrected chi connectivity index (χ3v) is 5.56. The number of hydrogen-bond donors (Lipinski definition) is 0. The summed E-state index contributed by atoms with van der Waals surface area (Å²) in [5, 5.41) is 0.706. The number of anilines is 1. The topological polar surface area (TPSA) is 32.8 Å². The molecule has 4 rings (SSSR count). The predicted octanol–water partition coefficient (Wildman–Crippen LogP) is 4.02. The average molecular weight is 371 g/mol. The molecule has 0 bridgehead atoms. The predicted molar refractivity (Wildman–Crippen MR) is 104 cm³/mol. The first-order valence-corrected chi connectivity index (χ1v) is 9.53. The molecule has 0 spiro atoms. The Balaban J connectivity index is 1.36. The molecule has 0 saturated carbocycles. The largest absolute Gasteiger partial charge is 0.490 e. The molecule has 0 aliphatic carbocycles. The molecule has 26 heavy (non-hydrogen) atoms. The lowest BCUT2D eigenvalue weighted by atomic mass is 10.0. The molecule has 2 aliphatic heterocycles. The number of carbonyl (C=O) groups is 1. The number of nitrogens with zero attached hydrogens (tertiary/aromatic N) is 2. The summed E-state index contributed by atoms with van der Waals surface area (Å²) < 4.78 is 6.02. The van der Waals surface area contributed by atoms with Crippen LogP contribution in [0.25, 0.3) is 0 Å². The molecule has 0 atom stereocenters. The number of hydrogen-bond acceptors (Lipinski definition) is 3. The lowest BCUT2D eigenvalue weighted by Crippen LogP contribution is -2.41. The van der Waals surface area contributed by atoms with Gasteiger partial charge in [-0.25, -0.2) is 0 Å². The molecule has 0 N–H and O–H groups in total. The minimum atomic E-state index is 0.123. The first-order valence-electron chi connectivity index (χ1n) is 9.16. The summed E-state index contributed by atoms with van der Waals surface area (Å²) in [5.41, 5.74) is 3.31. The van der Waals surface area contributed by atoms with E-state index < -0.39 is 0 Å². The van der Waals surface area contributed by atoms with Crippen molar-refractivity contribution >= 4 is 23.2 Å². The Morgan fingerprint density at radius 1 is 1.08 bits per heavy atom. The van der Waals surface area contributed by atoms with Gasteiger partial charge in [0.2, 0.25) is 0 Å². The number of amides is 1. The maximum atomic E-state index is 12.9. The summed E-state index contributed by atoms with van der Waals surface area (Å²) in [6, 6.07) is 13.6.